The highest BCUT2D eigenvalue weighted by Crippen LogP contribution is 2.16. The van der Waals surface area contributed by atoms with Gasteiger partial charge in [-0.1, -0.05) is 11.6 Å². The lowest BCUT2D eigenvalue weighted by atomic mass is 10.2. The highest BCUT2D eigenvalue weighted by Gasteiger charge is 2.05. The van der Waals surface area contributed by atoms with Crippen LogP contribution < -0.4 is 0 Å². The Kier molecular flexibility index (Phi) is 4.40. The van der Waals surface area contributed by atoms with E-state index in [4.69, 9.17) is 23.2 Å². The standard InChI is InChI=1S/C12H13Cl2N3/c13-4-1-2-11-6-16-9-17(11)8-10-3-5-15-7-12(10)14/h3,5-7,9H,1-2,4,8H2. The van der Waals surface area contributed by atoms with E-state index in [2.05, 4.69) is 14.5 Å². The predicted octanol–water partition coefficient (Wildman–Crippen LogP) is 3.15. The summed E-state index contributed by atoms with van der Waals surface area (Å²) in [6.45, 7) is 0.721. The molecule has 0 fully saturated rings. The fraction of sp³-hybridized carbons (Fsp3) is 0.333. The van der Waals surface area contributed by atoms with E-state index in [9.17, 15) is 0 Å². The molecule has 0 radical (unpaired) electrons. The van der Waals surface area contributed by atoms with E-state index >= 15 is 0 Å². The minimum atomic E-state index is 0.668. The fourth-order valence-electron chi connectivity index (χ4n) is 1.66. The third kappa shape index (κ3) is 3.20. The van der Waals surface area contributed by atoms with Gasteiger partial charge in [-0.05, 0) is 24.5 Å². The molecule has 3 nitrogen and oxygen atoms in total. The largest absolute Gasteiger partial charge is 0.330 e. The van der Waals surface area contributed by atoms with Gasteiger partial charge in [-0.15, -0.1) is 11.6 Å². The summed E-state index contributed by atoms with van der Waals surface area (Å²) in [6.07, 6.45) is 8.99. The molecule has 2 rings (SSSR count). The van der Waals surface area contributed by atoms with E-state index in [1.54, 1.807) is 12.4 Å². The second kappa shape index (κ2) is 6.03. The van der Waals surface area contributed by atoms with Gasteiger partial charge in [-0.2, -0.15) is 0 Å². The lowest BCUT2D eigenvalue weighted by Crippen LogP contribution is -2.04. The lowest BCUT2D eigenvalue weighted by Gasteiger charge is -2.08. The van der Waals surface area contributed by atoms with Gasteiger partial charge in [0.05, 0.1) is 17.9 Å². The zero-order valence-corrected chi connectivity index (χ0v) is 10.8. The van der Waals surface area contributed by atoms with Crippen molar-refractivity contribution in [2.45, 2.75) is 19.4 Å². The number of nitrogens with zero attached hydrogens (tertiary/aromatic N) is 3. The van der Waals surface area contributed by atoms with Crippen molar-refractivity contribution in [2.75, 3.05) is 5.88 Å². The molecule has 0 N–H and O–H groups in total. The number of hydrogen-bond donors (Lipinski definition) is 0. The first-order valence-corrected chi connectivity index (χ1v) is 6.36. The number of rotatable bonds is 5. The Bertz CT molecular complexity index is 482. The Morgan fingerprint density at radius 1 is 1.24 bits per heavy atom. The molecule has 5 heteroatoms. The second-order valence-corrected chi connectivity index (χ2v) is 4.56. The molecule has 2 heterocycles. The van der Waals surface area contributed by atoms with Gasteiger partial charge in [-0.25, -0.2) is 4.98 Å². The zero-order valence-electron chi connectivity index (χ0n) is 9.31. The molecule has 0 amide bonds. The van der Waals surface area contributed by atoms with Gasteiger partial charge in [-0.3, -0.25) is 4.98 Å². The number of hydrogen-bond acceptors (Lipinski definition) is 2. The van der Waals surface area contributed by atoms with Gasteiger partial charge in [0.15, 0.2) is 0 Å². The molecule has 90 valence electrons. The van der Waals surface area contributed by atoms with E-state index in [1.165, 1.54) is 5.69 Å². The van der Waals surface area contributed by atoms with Gasteiger partial charge in [0.1, 0.15) is 0 Å². The van der Waals surface area contributed by atoms with E-state index in [0.717, 1.165) is 24.9 Å². The van der Waals surface area contributed by atoms with Crippen LogP contribution in [0.4, 0.5) is 0 Å². The van der Waals surface area contributed by atoms with Crippen molar-refractivity contribution >= 4 is 23.2 Å². The number of aryl methyl sites for hydroxylation is 1. The summed E-state index contributed by atoms with van der Waals surface area (Å²) in [5.41, 5.74) is 2.23. The number of imidazole rings is 1. The van der Waals surface area contributed by atoms with E-state index in [0.29, 0.717) is 10.9 Å². The minimum absolute atomic E-state index is 0.668. The van der Waals surface area contributed by atoms with Crippen LogP contribution in [0.25, 0.3) is 0 Å². The van der Waals surface area contributed by atoms with Crippen LogP contribution >= 0.6 is 23.2 Å². The first kappa shape index (κ1) is 12.4. The fourth-order valence-corrected chi connectivity index (χ4v) is 1.98. The van der Waals surface area contributed by atoms with Crippen LogP contribution in [-0.4, -0.2) is 20.4 Å². The Hall–Kier alpha value is -1.06. The first-order valence-electron chi connectivity index (χ1n) is 5.44. The van der Waals surface area contributed by atoms with E-state index in [1.807, 2.05) is 18.6 Å². The van der Waals surface area contributed by atoms with Gasteiger partial charge in [0.2, 0.25) is 0 Å². The Morgan fingerprint density at radius 2 is 2.12 bits per heavy atom. The Morgan fingerprint density at radius 3 is 2.88 bits per heavy atom. The summed E-state index contributed by atoms with van der Waals surface area (Å²) in [7, 11) is 0. The number of aromatic nitrogens is 3. The van der Waals surface area contributed by atoms with Crippen molar-refractivity contribution in [3.05, 3.63) is 47.3 Å². The molecule has 0 aliphatic heterocycles. The third-order valence-corrected chi connectivity index (χ3v) is 3.17. The molecule has 2 aromatic heterocycles. The average molecular weight is 270 g/mol. The molecule has 0 aromatic carbocycles. The summed E-state index contributed by atoms with van der Waals surface area (Å²) in [4.78, 5) is 8.13. The van der Waals surface area contributed by atoms with Crippen LogP contribution in [0.15, 0.2) is 31.0 Å². The van der Waals surface area contributed by atoms with Crippen molar-refractivity contribution in [2.24, 2.45) is 0 Å². The Balaban J connectivity index is 2.13. The molecule has 0 atom stereocenters. The molecular formula is C12H13Cl2N3. The summed E-state index contributed by atoms with van der Waals surface area (Å²) in [6, 6.07) is 1.92. The predicted molar refractivity (Wildman–Crippen MR) is 69.6 cm³/mol. The Labute approximate surface area is 110 Å². The van der Waals surface area contributed by atoms with Crippen LogP contribution in [0.3, 0.4) is 0 Å². The summed E-state index contributed by atoms with van der Waals surface area (Å²) in [5, 5.41) is 0.685. The molecule has 0 aliphatic carbocycles. The zero-order chi connectivity index (χ0) is 12.1. The smallest absolute Gasteiger partial charge is 0.0951 e. The second-order valence-electron chi connectivity index (χ2n) is 3.77. The van der Waals surface area contributed by atoms with Crippen LogP contribution in [0.5, 0.6) is 0 Å². The van der Waals surface area contributed by atoms with Crippen molar-refractivity contribution in [3.63, 3.8) is 0 Å². The highest BCUT2D eigenvalue weighted by atomic mass is 35.5. The topological polar surface area (TPSA) is 30.7 Å². The van der Waals surface area contributed by atoms with E-state index in [-0.39, 0.29) is 0 Å². The van der Waals surface area contributed by atoms with Gasteiger partial charge >= 0.3 is 0 Å². The van der Waals surface area contributed by atoms with Crippen LogP contribution in [0.1, 0.15) is 17.7 Å². The molecule has 0 unspecified atom stereocenters. The maximum Gasteiger partial charge on any atom is 0.0951 e. The summed E-state index contributed by atoms with van der Waals surface area (Å²) in [5.74, 6) is 0.668. The van der Waals surface area contributed by atoms with Crippen LogP contribution in [-0.2, 0) is 13.0 Å². The molecular weight excluding hydrogens is 257 g/mol. The van der Waals surface area contributed by atoms with Gasteiger partial charge < -0.3 is 4.57 Å². The number of alkyl halides is 1. The average Bonchev–Trinajstić information content (AvgIpc) is 2.77. The minimum Gasteiger partial charge on any atom is -0.330 e. The molecule has 0 saturated heterocycles. The van der Waals surface area contributed by atoms with E-state index < -0.39 is 0 Å². The number of halogens is 2. The van der Waals surface area contributed by atoms with Crippen LogP contribution in [0, 0.1) is 0 Å². The molecule has 0 aliphatic rings. The highest BCUT2D eigenvalue weighted by molar-refractivity contribution is 6.31. The van der Waals surface area contributed by atoms with Crippen molar-refractivity contribution in [1.82, 2.24) is 14.5 Å². The molecule has 17 heavy (non-hydrogen) atoms. The van der Waals surface area contributed by atoms with Crippen LogP contribution in [0.2, 0.25) is 5.02 Å². The molecule has 0 spiro atoms. The summed E-state index contributed by atoms with van der Waals surface area (Å²) < 4.78 is 2.09. The van der Waals surface area contributed by atoms with Crippen molar-refractivity contribution in [1.29, 1.82) is 0 Å². The lowest BCUT2D eigenvalue weighted by molar-refractivity contribution is 0.723. The number of pyridine rings is 1. The first-order chi connectivity index (χ1) is 8.31. The molecule has 0 bridgehead atoms. The van der Waals surface area contributed by atoms with Crippen molar-refractivity contribution < 1.29 is 0 Å². The monoisotopic (exact) mass is 269 g/mol. The molecule has 2 aromatic rings. The maximum absolute atomic E-state index is 6.08. The van der Waals surface area contributed by atoms with Crippen molar-refractivity contribution in [3.8, 4) is 0 Å². The molecule has 0 saturated carbocycles. The maximum atomic E-state index is 6.08. The third-order valence-electron chi connectivity index (χ3n) is 2.56. The summed E-state index contributed by atoms with van der Waals surface area (Å²) >= 11 is 11.8. The quantitative estimate of drug-likeness (QED) is 0.781. The SMILES string of the molecule is ClCCCc1cncn1Cc1ccncc1Cl. The van der Waals surface area contributed by atoms with Gasteiger partial charge in [0.25, 0.3) is 0 Å². The van der Waals surface area contributed by atoms with Gasteiger partial charge in [0, 0.05) is 30.2 Å². The normalized spacial score (nSPS) is 10.7.